The molecule has 33 nitrogen and oxygen atoms in total. The Morgan fingerprint density at radius 1 is 0.317 bits per heavy atom. The van der Waals surface area contributed by atoms with Gasteiger partial charge in [-0.05, 0) is 48.5 Å². The second-order valence-corrected chi connectivity index (χ2v) is 7.95. The van der Waals surface area contributed by atoms with Crippen LogP contribution in [0, 0.1) is 82.6 Å². The summed E-state index contributed by atoms with van der Waals surface area (Å²) in [5.41, 5.74) is -3.21. The normalized spacial score (nSPS) is 7.11. The number of pyridine rings is 4. The Balaban J connectivity index is -0.0000000348. The monoisotopic (exact) mass is 1180 g/mol. The average Bonchev–Trinajstić information content (AvgIpc) is 3.05. The summed E-state index contributed by atoms with van der Waals surface area (Å²) in [5, 5.41) is 79.8. The van der Waals surface area contributed by atoms with E-state index in [0.29, 0.717) is 0 Å². The van der Waals surface area contributed by atoms with E-state index in [9.17, 15) is 74.1 Å². The molecular formula is C28H45CeN4NdO29+6. The fraction of sp³-hybridized carbons (Fsp3) is 0. The van der Waals surface area contributed by atoms with Gasteiger partial charge in [0.1, 0.15) is 5.69 Å². The maximum Gasteiger partial charge on any atom is 4.00 e. The molecule has 0 aliphatic rings. The topological polar surface area (TPSA) is 788 Å². The van der Waals surface area contributed by atoms with Crippen LogP contribution in [0.25, 0.3) is 0 Å². The summed E-state index contributed by atoms with van der Waals surface area (Å²) in [6.45, 7) is 0. The number of rotatable bonds is 8. The van der Waals surface area contributed by atoms with E-state index in [2.05, 4.69) is 19.9 Å². The van der Waals surface area contributed by atoms with Gasteiger partial charge in [-0.25, -0.2) is 24.7 Å². The molecule has 4 heterocycles. The molecule has 0 aliphatic carbocycles. The van der Waals surface area contributed by atoms with Crippen LogP contribution in [0.5, 0.6) is 0 Å². The summed E-state index contributed by atoms with van der Waals surface area (Å²) < 4.78 is 0. The van der Waals surface area contributed by atoms with Crippen molar-refractivity contribution >= 4 is 47.8 Å². The zero-order chi connectivity index (χ0) is 36.6. The van der Waals surface area contributed by atoms with Gasteiger partial charge < -0.3 is 146 Å². The molecule has 353 valence electrons. The molecule has 4 aromatic rings. The van der Waals surface area contributed by atoms with E-state index in [1.807, 2.05) is 0 Å². The van der Waals surface area contributed by atoms with Crippen LogP contribution in [-0.2, 0) is 32.9 Å². The minimum atomic E-state index is -1.52. The van der Waals surface area contributed by atoms with Crippen molar-refractivity contribution in [3.05, 3.63) is 118 Å². The number of hydrogen-bond donors (Lipinski definition) is 1. The standard InChI is InChI=1S/4C7H5NO4.Ce.Nd.13H2O/c4*9-6(10)4-2-1-3-5(8-4)7(11)12;;;;;;;;;;;;;;;/h4*1-3H,(H,9,10)(H,11,12);;;13*1H2/q;;;;+4;+3;;;;;;;;;;;;;/p-1. The first kappa shape index (κ1) is 102. The molecular weight excluding hydrogens is 1140 g/mol. The predicted octanol–water partition coefficient (Wildman–Crippen LogP) is -18.7. The molecule has 0 aromatic carbocycles. The number of carboxylic acid groups (broad SMARTS) is 8. The van der Waals surface area contributed by atoms with Crippen molar-refractivity contribution in [1.29, 1.82) is 0 Å². The van der Waals surface area contributed by atoms with Crippen LogP contribution in [0.2, 0.25) is 0 Å². The van der Waals surface area contributed by atoms with Crippen LogP contribution >= 0.6 is 0 Å². The van der Waals surface area contributed by atoms with Gasteiger partial charge in [0.15, 0.2) is 0 Å². The number of aromatic carboxylic acids is 8. The first-order valence-electron chi connectivity index (χ1n) is 12.1. The van der Waals surface area contributed by atoms with Crippen LogP contribution in [-0.4, -0.2) is 111 Å². The van der Waals surface area contributed by atoms with E-state index < -0.39 is 81.9 Å². The Labute approximate surface area is 415 Å². The quantitative estimate of drug-likeness (QED) is 0.160. The second kappa shape index (κ2) is 50.9. The summed E-state index contributed by atoms with van der Waals surface area (Å²) in [4.78, 5) is 94.7. The van der Waals surface area contributed by atoms with Crippen LogP contribution in [0.15, 0.2) is 72.8 Å². The third-order valence-corrected chi connectivity index (χ3v) is 4.68. The number of aromatic nitrogens is 4. The van der Waals surface area contributed by atoms with Crippen LogP contribution < -0.4 is 35.7 Å². The second-order valence-electron chi connectivity index (χ2n) is 7.95. The first-order valence-corrected chi connectivity index (χ1v) is 12.1. The van der Waals surface area contributed by atoms with Gasteiger partial charge in [0, 0.05) is 0 Å². The summed E-state index contributed by atoms with van der Waals surface area (Å²) in [7, 11) is 0. The van der Waals surface area contributed by atoms with Crippen molar-refractivity contribution in [2.45, 2.75) is 0 Å². The number of carbonyl (C=O) groups is 8. The zero-order valence-electron chi connectivity index (χ0n) is 31.3. The number of carbonyl (C=O) groups excluding carboxylic acids is 7. The van der Waals surface area contributed by atoms with Crippen molar-refractivity contribution in [2.24, 2.45) is 0 Å². The molecule has 33 N–H and O–H groups in total. The van der Waals surface area contributed by atoms with E-state index >= 15 is 0 Å². The molecule has 0 saturated carbocycles. The molecule has 4 rings (SSSR count). The van der Waals surface area contributed by atoms with Crippen LogP contribution in [0.3, 0.4) is 0 Å². The third kappa shape index (κ3) is 38.0. The van der Waals surface area contributed by atoms with Gasteiger partial charge in [-0.1, -0.05) is 24.3 Å². The Morgan fingerprint density at radius 2 is 0.429 bits per heavy atom. The SMILES string of the molecule is O.O.O.O.O.O.O.O=C([O-])c1cccc(C(=O)O)n1.O=C([O-])c1cccc(C(=O)[O-])n1.O=C([O-])c1cccc(C(=O)[O-])n1.O=C([O-])c1cccc(C(=O)[O-])n1.[Ce+4].[Nd+3].[OH3+].[OH3+].[OH3+].[OH3+].[OH3+].[OH3+]. The van der Waals surface area contributed by atoms with Crippen molar-refractivity contribution in [3.63, 3.8) is 0 Å². The third-order valence-electron chi connectivity index (χ3n) is 4.68. The minimum absolute atomic E-state index is 0. The van der Waals surface area contributed by atoms with Gasteiger partial charge in [-0.3, -0.25) is 0 Å². The maximum absolute atomic E-state index is 10.3. The fourth-order valence-electron chi connectivity index (χ4n) is 2.65. The molecule has 0 bridgehead atoms. The van der Waals surface area contributed by atoms with Crippen molar-refractivity contribution < 1.29 is 233 Å². The summed E-state index contributed by atoms with van der Waals surface area (Å²) >= 11 is 0. The van der Waals surface area contributed by atoms with Crippen LogP contribution in [0.4, 0.5) is 0 Å². The van der Waals surface area contributed by atoms with Gasteiger partial charge in [-0.15, -0.1) is 0 Å². The fourth-order valence-corrected chi connectivity index (χ4v) is 2.65. The molecule has 0 atom stereocenters. The van der Waals surface area contributed by atoms with E-state index in [-0.39, 0.29) is 165 Å². The smallest absolute Gasteiger partial charge is 0.543 e. The zero-order valence-corrected chi connectivity index (χ0v) is 37.6. The molecule has 0 saturated heterocycles. The van der Waals surface area contributed by atoms with E-state index in [1.54, 1.807) is 0 Å². The molecule has 0 amide bonds. The molecule has 1 radical (unpaired) electrons. The number of carboxylic acids is 8. The Kier molecular flexibility index (Phi) is 82.2. The van der Waals surface area contributed by atoms with Crippen LogP contribution in [0.1, 0.15) is 83.9 Å². The molecule has 0 unspecified atom stereocenters. The van der Waals surface area contributed by atoms with Crippen molar-refractivity contribution in [2.75, 3.05) is 0 Å². The number of hydrogen-bond acceptors (Lipinski definition) is 19. The van der Waals surface area contributed by atoms with Gasteiger partial charge >= 0.3 is 88.6 Å². The molecule has 4 aromatic heterocycles. The number of nitrogens with zero attached hydrogens (tertiary/aromatic N) is 4. The average molecular weight is 1190 g/mol. The Hall–Kier alpha value is -5.43. The molecule has 0 spiro atoms. The van der Waals surface area contributed by atoms with Gasteiger partial charge in [0.2, 0.25) is 0 Å². The van der Waals surface area contributed by atoms with E-state index in [1.165, 1.54) is 36.4 Å². The van der Waals surface area contributed by atoms with Crippen molar-refractivity contribution in [3.8, 4) is 0 Å². The minimum Gasteiger partial charge on any atom is -0.543 e. The van der Waals surface area contributed by atoms with Gasteiger partial charge in [0.25, 0.3) is 0 Å². The molecule has 35 heteroatoms. The largest absolute Gasteiger partial charge is 4.00 e. The van der Waals surface area contributed by atoms with Crippen molar-refractivity contribution in [1.82, 2.24) is 19.9 Å². The van der Waals surface area contributed by atoms with E-state index in [0.717, 1.165) is 36.4 Å². The molecule has 0 fully saturated rings. The predicted molar refractivity (Wildman–Crippen MR) is 189 cm³/mol. The Bertz CT molecular complexity index is 1520. The molecule has 0 aliphatic heterocycles. The van der Waals surface area contributed by atoms with E-state index in [4.69, 9.17) is 5.11 Å². The van der Waals surface area contributed by atoms with Gasteiger partial charge in [-0.2, -0.15) is 0 Å². The molecule has 63 heavy (non-hydrogen) atoms. The Morgan fingerprint density at radius 3 is 0.540 bits per heavy atom. The summed E-state index contributed by atoms with van der Waals surface area (Å²) in [6.07, 6.45) is 0. The summed E-state index contributed by atoms with van der Waals surface area (Å²) in [5.74, 6) is -11.8. The summed E-state index contributed by atoms with van der Waals surface area (Å²) in [6, 6.07) is 14.3. The maximum atomic E-state index is 10.3. The van der Waals surface area contributed by atoms with Gasteiger partial charge in [0.05, 0.1) is 81.6 Å². The first-order chi connectivity index (χ1) is 22.4.